The first-order valence-corrected chi connectivity index (χ1v) is 4.71. The molecule has 3 nitrogen and oxygen atoms in total. The van der Waals surface area contributed by atoms with Crippen LogP contribution in [-0.2, 0) is 0 Å². The van der Waals surface area contributed by atoms with Crippen molar-refractivity contribution in [1.29, 1.82) is 0 Å². The van der Waals surface area contributed by atoms with E-state index in [0.29, 0.717) is 5.56 Å². The average molecular weight is 219 g/mol. The molecule has 0 aliphatic heterocycles. The lowest BCUT2D eigenvalue weighted by atomic mass is 10.1. The lowest BCUT2D eigenvalue weighted by Crippen LogP contribution is -1.89. The molecule has 2 aromatic rings. The molecule has 1 aromatic heterocycles. The maximum Gasteiger partial charge on any atom is 0.252 e. The van der Waals surface area contributed by atoms with Crippen molar-refractivity contribution in [1.82, 2.24) is 9.97 Å². The van der Waals surface area contributed by atoms with Crippen LogP contribution in [0.4, 0.5) is 0 Å². The van der Waals surface area contributed by atoms with Crippen LogP contribution in [0.3, 0.4) is 0 Å². The maximum absolute atomic E-state index is 10.8. The molecule has 0 fully saturated rings. The second-order valence-corrected chi connectivity index (χ2v) is 3.29. The summed E-state index contributed by atoms with van der Waals surface area (Å²) >= 11 is 5.34. The number of halogens is 1. The maximum atomic E-state index is 10.8. The zero-order valence-electron chi connectivity index (χ0n) is 7.72. The molecule has 0 bridgehead atoms. The third-order valence-corrected chi connectivity index (χ3v) is 2.21. The fourth-order valence-corrected chi connectivity index (χ4v) is 1.36. The molecule has 1 heterocycles. The zero-order chi connectivity index (χ0) is 10.7. The largest absolute Gasteiger partial charge is 0.276 e. The van der Waals surface area contributed by atoms with Crippen LogP contribution in [0.15, 0.2) is 42.9 Å². The van der Waals surface area contributed by atoms with E-state index >= 15 is 0 Å². The van der Waals surface area contributed by atoms with Gasteiger partial charge in [0.15, 0.2) is 0 Å². The van der Waals surface area contributed by atoms with Gasteiger partial charge >= 0.3 is 0 Å². The Hall–Kier alpha value is -1.74. The monoisotopic (exact) mass is 218 g/mol. The highest BCUT2D eigenvalue weighted by molar-refractivity contribution is 6.67. The van der Waals surface area contributed by atoms with Gasteiger partial charge in [0.1, 0.15) is 6.33 Å². The van der Waals surface area contributed by atoms with E-state index in [0.717, 1.165) is 11.3 Å². The second kappa shape index (κ2) is 4.19. The summed E-state index contributed by atoms with van der Waals surface area (Å²) in [7, 11) is 0. The smallest absolute Gasteiger partial charge is 0.252 e. The molecule has 0 saturated carbocycles. The van der Waals surface area contributed by atoms with Gasteiger partial charge in [-0.15, -0.1) is 0 Å². The van der Waals surface area contributed by atoms with Crippen LogP contribution in [0, 0.1) is 0 Å². The van der Waals surface area contributed by atoms with E-state index < -0.39 is 5.24 Å². The van der Waals surface area contributed by atoms with Crippen molar-refractivity contribution in [2.45, 2.75) is 0 Å². The Morgan fingerprint density at radius 3 is 2.40 bits per heavy atom. The van der Waals surface area contributed by atoms with E-state index in [4.69, 9.17) is 11.6 Å². The van der Waals surface area contributed by atoms with Crippen LogP contribution >= 0.6 is 11.6 Å². The number of rotatable bonds is 2. The van der Waals surface area contributed by atoms with Crippen LogP contribution in [0.1, 0.15) is 10.4 Å². The predicted molar refractivity (Wildman–Crippen MR) is 57.7 cm³/mol. The lowest BCUT2D eigenvalue weighted by Gasteiger charge is -1.99. The Morgan fingerprint density at radius 1 is 1.13 bits per heavy atom. The summed E-state index contributed by atoms with van der Waals surface area (Å²) < 4.78 is 0. The standard InChI is InChI=1S/C11H7ClN2O/c12-11(15)9-3-1-8(2-4-9)10-5-6-13-7-14-10/h1-7H. The number of nitrogens with zero attached hydrogens (tertiary/aromatic N) is 2. The Morgan fingerprint density at radius 2 is 1.87 bits per heavy atom. The number of carbonyl (C=O) groups excluding carboxylic acids is 1. The summed E-state index contributed by atoms with van der Waals surface area (Å²) in [5, 5.41) is -0.454. The van der Waals surface area contributed by atoms with Gasteiger partial charge in [-0.25, -0.2) is 9.97 Å². The van der Waals surface area contributed by atoms with Gasteiger partial charge in [0.25, 0.3) is 5.24 Å². The van der Waals surface area contributed by atoms with Crippen LogP contribution in [0.25, 0.3) is 11.3 Å². The minimum atomic E-state index is -0.454. The highest BCUT2D eigenvalue weighted by atomic mass is 35.5. The molecule has 74 valence electrons. The Kier molecular flexibility index (Phi) is 2.74. The summed E-state index contributed by atoms with van der Waals surface area (Å²) in [6.45, 7) is 0. The van der Waals surface area contributed by atoms with Gasteiger partial charge in [0.05, 0.1) is 5.69 Å². The molecular formula is C11H7ClN2O. The van der Waals surface area contributed by atoms with Crippen molar-refractivity contribution in [3.05, 3.63) is 48.4 Å². The van der Waals surface area contributed by atoms with E-state index in [-0.39, 0.29) is 0 Å². The van der Waals surface area contributed by atoms with Crippen molar-refractivity contribution in [2.75, 3.05) is 0 Å². The molecule has 0 atom stereocenters. The topological polar surface area (TPSA) is 42.9 Å². The summed E-state index contributed by atoms with van der Waals surface area (Å²) in [5.41, 5.74) is 2.23. The number of hydrogen-bond acceptors (Lipinski definition) is 3. The highest BCUT2D eigenvalue weighted by Crippen LogP contribution is 2.16. The Bertz CT molecular complexity index is 468. The number of hydrogen-bond donors (Lipinski definition) is 0. The molecule has 1 aromatic carbocycles. The second-order valence-electron chi connectivity index (χ2n) is 2.95. The molecule has 0 amide bonds. The first-order chi connectivity index (χ1) is 7.27. The van der Waals surface area contributed by atoms with Gasteiger partial charge in [-0.2, -0.15) is 0 Å². The SMILES string of the molecule is O=C(Cl)c1ccc(-c2ccncn2)cc1. The van der Waals surface area contributed by atoms with Crippen molar-refractivity contribution in [2.24, 2.45) is 0 Å². The normalized spacial score (nSPS) is 9.93. The molecule has 15 heavy (non-hydrogen) atoms. The first kappa shape index (κ1) is 9.80. The molecule has 0 aliphatic carbocycles. The zero-order valence-corrected chi connectivity index (χ0v) is 8.48. The summed E-state index contributed by atoms with van der Waals surface area (Å²) in [4.78, 5) is 18.8. The average Bonchev–Trinajstić information content (AvgIpc) is 2.30. The number of benzene rings is 1. The van der Waals surface area contributed by atoms with Crippen LogP contribution < -0.4 is 0 Å². The molecule has 0 radical (unpaired) electrons. The third kappa shape index (κ3) is 2.19. The van der Waals surface area contributed by atoms with E-state index in [1.54, 1.807) is 36.5 Å². The molecule has 4 heteroatoms. The van der Waals surface area contributed by atoms with Crippen LogP contribution in [-0.4, -0.2) is 15.2 Å². The predicted octanol–water partition coefficient (Wildman–Crippen LogP) is 2.52. The molecule has 0 aliphatic rings. The van der Waals surface area contributed by atoms with Crippen molar-refractivity contribution < 1.29 is 4.79 Å². The van der Waals surface area contributed by atoms with E-state index in [9.17, 15) is 4.79 Å². The minimum absolute atomic E-state index is 0.454. The van der Waals surface area contributed by atoms with Crippen molar-refractivity contribution in [3.63, 3.8) is 0 Å². The third-order valence-electron chi connectivity index (χ3n) is 1.99. The van der Waals surface area contributed by atoms with Gasteiger partial charge < -0.3 is 0 Å². The molecule has 0 N–H and O–H groups in total. The molecular weight excluding hydrogens is 212 g/mol. The van der Waals surface area contributed by atoms with Gasteiger partial charge in [-0.05, 0) is 29.8 Å². The minimum Gasteiger partial charge on any atom is -0.276 e. The molecule has 2 rings (SSSR count). The van der Waals surface area contributed by atoms with Gasteiger partial charge in [0.2, 0.25) is 0 Å². The summed E-state index contributed by atoms with van der Waals surface area (Å²) in [6.07, 6.45) is 3.15. The number of carbonyl (C=O) groups is 1. The van der Waals surface area contributed by atoms with Crippen molar-refractivity contribution in [3.8, 4) is 11.3 Å². The molecule has 0 unspecified atom stereocenters. The van der Waals surface area contributed by atoms with Crippen LogP contribution in [0.5, 0.6) is 0 Å². The van der Waals surface area contributed by atoms with Gasteiger partial charge in [0, 0.05) is 17.3 Å². The molecule has 0 saturated heterocycles. The van der Waals surface area contributed by atoms with E-state index in [1.165, 1.54) is 6.33 Å². The first-order valence-electron chi connectivity index (χ1n) is 4.33. The highest BCUT2D eigenvalue weighted by Gasteiger charge is 2.02. The fourth-order valence-electron chi connectivity index (χ4n) is 1.23. The molecule has 0 spiro atoms. The van der Waals surface area contributed by atoms with E-state index in [2.05, 4.69) is 9.97 Å². The Balaban J connectivity index is 2.36. The van der Waals surface area contributed by atoms with E-state index in [1.807, 2.05) is 0 Å². The lowest BCUT2D eigenvalue weighted by molar-refractivity contribution is 0.108. The van der Waals surface area contributed by atoms with Gasteiger partial charge in [-0.3, -0.25) is 4.79 Å². The summed E-state index contributed by atoms with van der Waals surface area (Å²) in [6, 6.07) is 8.76. The fraction of sp³-hybridized carbons (Fsp3) is 0. The Labute approximate surface area is 91.8 Å². The van der Waals surface area contributed by atoms with Crippen molar-refractivity contribution >= 4 is 16.8 Å². The van der Waals surface area contributed by atoms with Crippen LogP contribution in [0.2, 0.25) is 0 Å². The quantitative estimate of drug-likeness (QED) is 0.728. The van der Waals surface area contributed by atoms with Gasteiger partial charge in [-0.1, -0.05) is 12.1 Å². The number of aromatic nitrogens is 2. The summed E-state index contributed by atoms with van der Waals surface area (Å²) in [5.74, 6) is 0.